The summed E-state index contributed by atoms with van der Waals surface area (Å²) < 4.78 is 7.30. The number of aliphatic hydroxyl groups is 1. The molecule has 1 saturated heterocycles. The number of ether oxygens (including phenoxy) is 1. The summed E-state index contributed by atoms with van der Waals surface area (Å²) in [6, 6.07) is 10.9. The first-order chi connectivity index (χ1) is 14.1. The van der Waals surface area contributed by atoms with Crippen molar-refractivity contribution in [2.75, 3.05) is 43.1 Å². The maximum Gasteiger partial charge on any atom is 0.319 e. The average molecular weight is 396 g/mol. The van der Waals surface area contributed by atoms with Crippen molar-refractivity contribution in [1.82, 2.24) is 19.9 Å². The Kier molecular flexibility index (Phi) is 5.59. The molecule has 1 fully saturated rings. The van der Waals surface area contributed by atoms with E-state index in [2.05, 4.69) is 20.6 Å². The van der Waals surface area contributed by atoms with Crippen molar-refractivity contribution in [3.8, 4) is 11.4 Å². The van der Waals surface area contributed by atoms with Gasteiger partial charge in [-0.1, -0.05) is 0 Å². The minimum Gasteiger partial charge on any atom is -0.392 e. The Balaban J connectivity index is 1.55. The molecule has 9 heteroatoms. The van der Waals surface area contributed by atoms with E-state index in [1.165, 1.54) is 0 Å². The molecule has 1 atom stereocenters. The summed E-state index contributed by atoms with van der Waals surface area (Å²) in [4.78, 5) is 18.9. The number of aromatic nitrogens is 3. The number of hydrogen-bond donors (Lipinski definition) is 3. The number of nitrogens with one attached hydrogen (secondary N) is 2. The quantitative estimate of drug-likeness (QED) is 0.607. The fourth-order valence-corrected chi connectivity index (χ4v) is 3.17. The third-order valence-electron chi connectivity index (χ3n) is 4.64. The number of hydrogen-bond acceptors (Lipinski definition) is 6. The van der Waals surface area contributed by atoms with Crippen LogP contribution in [0.2, 0.25) is 0 Å². The molecular formula is C20H24N6O3. The van der Waals surface area contributed by atoms with Gasteiger partial charge in [0.25, 0.3) is 0 Å². The molecule has 1 aliphatic heterocycles. The minimum atomic E-state index is -0.593. The van der Waals surface area contributed by atoms with Gasteiger partial charge in [-0.05, 0) is 43.3 Å². The Morgan fingerprint density at radius 2 is 2.00 bits per heavy atom. The van der Waals surface area contributed by atoms with Crippen molar-refractivity contribution >= 4 is 23.1 Å². The summed E-state index contributed by atoms with van der Waals surface area (Å²) >= 11 is 0. The monoisotopic (exact) mass is 396 g/mol. The molecule has 0 saturated carbocycles. The number of carbonyl (C=O) groups excluding carboxylic acids is 1. The van der Waals surface area contributed by atoms with Gasteiger partial charge in [0, 0.05) is 37.1 Å². The highest BCUT2D eigenvalue weighted by atomic mass is 16.5. The van der Waals surface area contributed by atoms with Gasteiger partial charge in [0.05, 0.1) is 19.3 Å². The third-order valence-corrected chi connectivity index (χ3v) is 4.64. The summed E-state index contributed by atoms with van der Waals surface area (Å²) in [5.41, 5.74) is 2.46. The first-order valence-corrected chi connectivity index (χ1v) is 9.61. The van der Waals surface area contributed by atoms with Crippen LogP contribution in [0.4, 0.5) is 16.3 Å². The molecule has 0 unspecified atom stereocenters. The molecule has 0 radical (unpaired) electrons. The number of anilines is 2. The SMILES string of the molecule is C[C@H](O)CNC(=O)Nc1ccc(-c2nc(N3CCOCC3)c3cccn3n2)cc1. The lowest BCUT2D eigenvalue weighted by molar-refractivity contribution is 0.122. The highest BCUT2D eigenvalue weighted by Crippen LogP contribution is 2.25. The molecule has 9 nitrogen and oxygen atoms in total. The number of morpholine rings is 1. The summed E-state index contributed by atoms with van der Waals surface area (Å²) in [7, 11) is 0. The van der Waals surface area contributed by atoms with Crippen molar-refractivity contribution in [1.29, 1.82) is 0 Å². The van der Waals surface area contributed by atoms with E-state index in [0.29, 0.717) is 24.7 Å². The molecule has 29 heavy (non-hydrogen) atoms. The Labute approximate surface area is 168 Å². The molecule has 2 amide bonds. The van der Waals surface area contributed by atoms with Gasteiger partial charge < -0.3 is 25.4 Å². The zero-order valence-corrected chi connectivity index (χ0v) is 16.2. The Bertz CT molecular complexity index is 980. The molecule has 0 aliphatic carbocycles. The fraction of sp³-hybridized carbons (Fsp3) is 0.350. The molecule has 1 aromatic carbocycles. The van der Waals surface area contributed by atoms with Gasteiger partial charge in [0.2, 0.25) is 0 Å². The predicted octanol–water partition coefficient (Wildman–Crippen LogP) is 1.74. The van der Waals surface area contributed by atoms with Gasteiger partial charge in [-0.3, -0.25) is 0 Å². The molecule has 0 spiro atoms. The smallest absolute Gasteiger partial charge is 0.319 e. The van der Waals surface area contributed by atoms with Gasteiger partial charge in [0.15, 0.2) is 11.6 Å². The number of fused-ring (bicyclic) bond motifs is 1. The number of rotatable bonds is 5. The molecule has 4 rings (SSSR count). The maximum atomic E-state index is 11.8. The van der Waals surface area contributed by atoms with Crippen molar-refractivity contribution in [2.45, 2.75) is 13.0 Å². The van der Waals surface area contributed by atoms with Crippen LogP contribution in [-0.2, 0) is 4.74 Å². The summed E-state index contributed by atoms with van der Waals surface area (Å²) in [6.45, 7) is 4.76. The van der Waals surface area contributed by atoms with Gasteiger partial charge in [-0.15, -0.1) is 5.10 Å². The maximum absolute atomic E-state index is 11.8. The predicted molar refractivity (Wildman–Crippen MR) is 110 cm³/mol. The molecule has 1 aliphatic rings. The Morgan fingerprint density at radius 3 is 2.72 bits per heavy atom. The van der Waals surface area contributed by atoms with Crippen LogP contribution in [0, 0.1) is 0 Å². The van der Waals surface area contributed by atoms with Crippen LogP contribution < -0.4 is 15.5 Å². The lowest BCUT2D eigenvalue weighted by Gasteiger charge is -2.28. The summed E-state index contributed by atoms with van der Waals surface area (Å²) in [5.74, 6) is 1.50. The highest BCUT2D eigenvalue weighted by molar-refractivity contribution is 5.89. The van der Waals surface area contributed by atoms with E-state index in [4.69, 9.17) is 9.72 Å². The van der Waals surface area contributed by atoms with Gasteiger partial charge in [-0.2, -0.15) is 0 Å². The van der Waals surface area contributed by atoms with Crippen molar-refractivity contribution in [2.24, 2.45) is 0 Å². The third kappa shape index (κ3) is 4.47. The first-order valence-electron chi connectivity index (χ1n) is 9.61. The second kappa shape index (κ2) is 8.46. The van der Waals surface area contributed by atoms with Crippen LogP contribution in [0.15, 0.2) is 42.6 Å². The van der Waals surface area contributed by atoms with E-state index in [1.807, 2.05) is 35.0 Å². The van der Waals surface area contributed by atoms with Gasteiger partial charge in [0.1, 0.15) is 5.52 Å². The molecule has 2 aromatic heterocycles. The van der Waals surface area contributed by atoms with Gasteiger partial charge in [-0.25, -0.2) is 14.3 Å². The first kappa shape index (κ1) is 19.2. The average Bonchev–Trinajstić information content (AvgIpc) is 3.21. The van der Waals surface area contributed by atoms with E-state index in [-0.39, 0.29) is 12.6 Å². The second-order valence-electron chi connectivity index (χ2n) is 6.96. The number of amides is 2. The summed E-state index contributed by atoms with van der Waals surface area (Å²) in [5, 5.41) is 19.2. The van der Waals surface area contributed by atoms with Crippen LogP contribution in [0.3, 0.4) is 0 Å². The van der Waals surface area contributed by atoms with Crippen LogP contribution >= 0.6 is 0 Å². The normalized spacial score (nSPS) is 15.3. The molecule has 3 heterocycles. The Hall–Kier alpha value is -3.17. The van der Waals surface area contributed by atoms with E-state index < -0.39 is 6.10 Å². The van der Waals surface area contributed by atoms with E-state index in [0.717, 1.165) is 30.0 Å². The van der Waals surface area contributed by atoms with Gasteiger partial charge >= 0.3 is 6.03 Å². The number of aliphatic hydroxyl groups excluding tert-OH is 1. The molecular weight excluding hydrogens is 372 g/mol. The number of nitrogens with zero attached hydrogens (tertiary/aromatic N) is 4. The lowest BCUT2D eigenvalue weighted by Crippen LogP contribution is -2.37. The molecule has 0 bridgehead atoms. The van der Waals surface area contributed by atoms with E-state index in [1.54, 1.807) is 19.1 Å². The fourth-order valence-electron chi connectivity index (χ4n) is 3.17. The second-order valence-corrected chi connectivity index (χ2v) is 6.96. The van der Waals surface area contributed by atoms with E-state index in [9.17, 15) is 9.90 Å². The molecule has 3 N–H and O–H groups in total. The van der Waals surface area contributed by atoms with Crippen molar-refractivity contribution in [3.63, 3.8) is 0 Å². The number of benzene rings is 1. The summed E-state index contributed by atoms with van der Waals surface area (Å²) in [6.07, 6.45) is 1.32. The Morgan fingerprint density at radius 1 is 1.24 bits per heavy atom. The standard InChI is InChI=1S/C20H24N6O3/c1-14(27)13-21-20(28)22-16-6-4-15(5-7-16)18-23-19(25-9-11-29-12-10-25)17-3-2-8-26(17)24-18/h2-8,14,27H,9-13H2,1H3,(H2,21,22,28)/t14-/m0/s1. The zero-order valence-electron chi connectivity index (χ0n) is 16.2. The van der Waals surface area contributed by atoms with Crippen molar-refractivity contribution in [3.05, 3.63) is 42.6 Å². The zero-order chi connectivity index (χ0) is 20.2. The lowest BCUT2D eigenvalue weighted by atomic mass is 10.2. The molecule has 152 valence electrons. The van der Waals surface area contributed by atoms with Crippen LogP contribution in [0.5, 0.6) is 0 Å². The topological polar surface area (TPSA) is 104 Å². The number of urea groups is 1. The van der Waals surface area contributed by atoms with Crippen LogP contribution in [-0.4, -0.2) is 64.7 Å². The van der Waals surface area contributed by atoms with E-state index >= 15 is 0 Å². The largest absolute Gasteiger partial charge is 0.392 e. The van der Waals surface area contributed by atoms with Crippen LogP contribution in [0.1, 0.15) is 6.92 Å². The molecule has 3 aromatic rings. The van der Waals surface area contributed by atoms with Crippen molar-refractivity contribution < 1.29 is 14.6 Å². The number of carbonyl (C=O) groups is 1. The highest BCUT2D eigenvalue weighted by Gasteiger charge is 2.18. The minimum absolute atomic E-state index is 0.193. The van der Waals surface area contributed by atoms with Crippen LogP contribution in [0.25, 0.3) is 16.9 Å².